The van der Waals surface area contributed by atoms with E-state index < -0.39 is 0 Å². The Morgan fingerprint density at radius 1 is 1.56 bits per heavy atom. The van der Waals surface area contributed by atoms with Crippen LogP contribution in [0.4, 0.5) is 0 Å². The Morgan fingerprint density at radius 2 is 2.38 bits per heavy atom. The molecule has 0 bridgehead atoms. The van der Waals surface area contributed by atoms with Gasteiger partial charge in [0.2, 0.25) is 0 Å². The molecule has 1 atom stereocenters. The summed E-state index contributed by atoms with van der Waals surface area (Å²) in [6.45, 7) is 6.33. The van der Waals surface area contributed by atoms with Crippen molar-refractivity contribution >= 4 is 12.4 Å². The molecule has 0 amide bonds. The van der Waals surface area contributed by atoms with Gasteiger partial charge in [0.25, 0.3) is 0 Å². The zero-order chi connectivity index (χ0) is 10.7. The van der Waals surface area contributed by atoms with Gasteiger partial charge in [0, 0.05) is 25.5 Å². The molecule has 16 heavy (non-hydrogen) atoms. The van der Waals surface area contributed by atoms with E-state index in [2.05, 4.69) is 22.9 Å². The van der Waals surface area contributed by atoms with Crippen molar-refractivity contribution < 1.29 is 0 Å². The van der Waals surface area contributed by atoms with Crippen LogP contribution >= 0.6 is 12.4 Å². The van der Waals surface area contributed by atoms with Crippen molar-refractivity contribution in [3.63, 3.8) is 0 Å². The highest BCUT2D eigenvalue weighted by Crippen LogP contribution is 2.29. The average Bonchev–Trinajstić information content (AvgIpc) is 2.63. The molecule has 4 heteroatoms. The highest BCUT2D eigenvalue weighted by molar-refractivity contribution is 5.85. The molecular weight excluding hydrogens is 222 g/mol. The van der Waals surface area contributed by atoms with Gasteiger partial charge in [-0.1, -0.05) is 13.0 Å². The molecule has 1 aliphatic heterocycles. The highest BCUT2D eigenvalue weighted by atomic mass is 35.5. The number of hydrogen-bond acceptors (Lipinski definition) is 3. The Kier molecular flexibility index (Phi) is 4.71. The summed E-state index contributed by atoms with van der Waals surface area (Å²) >= 11 is 0. The van der Waals surface area contributed by atoms with Gasteiger partial charge in [-0.05, 0) is 36.6 Å². The first-order valence-electron chi connectivity index (χ1n) is 5.53. The number of nitrogens with two attached hydrogens (primary N) is 1. The van der Waals surface area contributed by atoms with Gasteiger partial charge in [0.05, 0.1) is 0 Å². The normalized spacial score (nSPS) is 25.4. The molecule has 1 aromatic rings. The van der Waals surface area contributed by atoms with E-state index in [0.717, 1.165) is 26.2 Å². The van der Waals surface area contributed by atoms with E-state index in [1.54, 1.807) is 0 Å². The largest absolute Gasteiger partial charge is 0.330 e. The van der Waals surface area contributed by atoms with E-state index in [-0.39, 0.29) is 12.4 Å². The van der Waals surface area contributed by atoms with Crippen LogP contribution < -0.4 is 5.73 Å². The fourth-order valence-electron chi connectivity index (χ4n) is 2.18. The van der Waals surface area contributed by atoms with Crippen molar-refractivity contribution in [2.45, 2.75) is 19.9 Å². The summed E-state index contributed by atoms with van der Waals surface area (Å²) in [4.78, 5) is 6.59. The van der Waals surface area contributed by atoms with Gasteiger partial charge in [0.15, 0.2) is 0 Å². The van der Waals surface area contributed by atoms with Crippen molar-refractivity contribution in [2.75, 3.05) is 19.6 Å². The van der Waals surface area contributed by atoms with Gasteiger partial charge in [-0.15, -0.1) is 12.4 Å². The fourth-order valence-corrected chi connectivity index (χ4v) is 2.18. The molecule has 0 radical (unpaired) electrons. The molecule has 0 saturated carbocycles. The summed E-state index contributed by atoms with van der Waals surface area (Å²) in [5, 5.41) is 0. The molecule has 1 fully saturated rings. The molecule has 1 aliphatic rings. The van der Waals surface area contributed by atoms with Gasteiger partial charge in [0.1, 0.15) is 0 Å². The lowest BCUT2D eigenvalue weighted by atomic mass is 9.90. The Labute approximate surface area is 103 Å². The summed E-state index contributed by atoms with van der Waals surface area (Å²) in [5.74, 6) is 0. The summed E-state index contributed by atoms with van der Waals surface area (Å²) in [5.41, 5.74) is 7.40. The van der Waals surface area contributed by atoms with Crippen LogP contribution in [0.25, 0.3) is 0 Å². The lowest BCUT2D eigenvalue weighted by Crippen LogP contribution is -2.31. The number of rotatable bonds is 3. The third kappa shape index (κ3) is 3.17. The minimum Gasteiger partial charge on any atom is -0.330 e. The van der Waals surface area contributed by atoms with Crippen molar-refractivity contribution in [1.29, 1.82) is 0 Å². The second kappa shape index (κ2) is 5.62. The van der Waals surface area contributed by atoms with Crippen molar-refractivity contribution in [2.24, 2.45) is 11.1 Å². The molecule has 2 N–H and O–H groups in total. The molecule has 0 aliphatic carbocycles. The van der Waals surface area contributed by atoms with E-state index in [1.807, 2.05) is 18.5 Å². The molecule has 90 valence electrons. The third-order valence-electron chi connectivity index (χ3n) is 3.26. The molecule has 1 saturated heterocycles. The zero-order valence-electron chi connectivity index (χ0n) is 9.72. The lowest BCUT2D eigenvalue weighted by Gasteiger charge is -2.22. The number of likely N-dealkylation sites (tertiary alicyclic amines) is 1. The third-order valence-corrected chi connectivity index (χ3v) is 3.26. The van der Waals surface area contributed by atoms with Crippen molar-refractivity contribution in [1.82, 2.24) is 9.88 Å². The number of aromatic nitrogens is 1. The summed E-state index contributed by atoms with van der Waals surface area (Å²) in [6.07, 6.45) is 4.97. The Bertz CT molecular complexity index is 317. The van der Waals surface area contributed by atoms with Crippen LogP contribution in [-0.2, 0) is 6.54 Å². The molecule has 2 rings (SSSR count). The quantitative estimate of drug-likeness (QED) is 0.876. The van der Waals surface area contributed by atoms with Gasteiger partial charge < -0.3 is 5.73 Å². The number of hydrogen-bond donors (Lipinski definition) is 1. The number of nitrogens with zero attached hydrogens (tertiary/aromatic N) is 2. The Balaban J connectivity index is 0.00000128. The second-order valence-corrected chi connectivity index (χ2v) is 4.84. The van der Waals surface area contributed by atoms with E-state index in [4.69, 9.17) is 5.73 Å². The van der Waals surface area contributed by atoms with E-state index in [1.165, 1.54) is 12.0 Å². The predicted molar refractivity (Wildman–Crippen MR) is 68.5 cm³/mol. The highest BCUT2D eigenvalue weighted by Gasteiger charge is 2.32. The number of pyridine rings is 1. The van der Waals surface area contributed by atoms with Crippen LogP contribution in [0.1, 0.15) is 18.9 Å². The van der Waals surface area contributed by atoms with Crippen LogP contribution in [0.5, 0.6) is 0 Å². The van der Waals surface area contributed by atoms with Crippen LogP contribution in [0, 0.1) is 5.41 Å². The van der Waals surface area contributed by atoms with Gasteiger partial charge in [-0.3, -0.25) is 9.88 Å². The monoisotopic (exact) mass is 241 g/mol. The minimum absolute atomic E-state index is 0. The molecule has 1 unspecified atom stereocenters. The molecule has 0 spiro atoms. The maximum absolute atomic E-state index is 5.78. The van der Waals surface area contributed by atoms with Crippen LogP contribution in [0.2, 0.25) is 0 Å². The topological polar surface area (TPSA) is 42.1 Å². The van der Waals surface area contributed by atoms with Crippen LogP contribution in [0.3, 0.4) is 0 Å². The summed E-state index contributed by atoms with van der Waals surface area (Å²) in [7, 11) is 0. The van der Waals surface area contributed by atoms with Crippen molar-refractivity contribution in [3.8, 4) is 0 Å². The number of halogens is 1. The van der Waals surface area contributed by atoms with Gasteiger partial charge >= 0.3 is 0 Å². The summed E-state index contributed by atoms with van der Waals surface area (Å²) < 4.78 is 0. The summed E-state index contributed by atoms with van der Waals surface area (Å²) in [6, 6.07) is 4.12. The van der Waals surface area contributed by atoms with Crippen LogP contribution in [-0.4, -0.2) is 29.5 Å². The van der Waals surface area contributed by atoms with Gasteiger partial charge in [-0.25, -0.2) is 0 Å². The SMILES string of the molecule is CC1(CN)CCN(Cc2cccnc2)C1.Cl. The molecule has 0 aromatic carbocycles. The average molecular weight is 242 g/mol. The first kappa shape index (κ1) is 13.4. The molecule has 2 heterocycles. The molecule has 3 nitrogen and oxygen atoms in total. The zero-order valence-corrected chi connectivity index (χ0v) is 10.5. The first-order valence-corrected chi connectivity index (χ1v) is 5.53. The second-order valence-electron chi connectivity index (χ2n) is 4.84. The minimum atomic E-state index is 0. The first-order chi connectivity index (χ1) is 7.22. The molecular formula is C12H20ClN3. The maximum Gasteiger partial charge on any atom is 0.0312 e. The van der Waals surface area contributed by atoms with E-state index in [9.17, 15) is 0 Å². The van der Waals surface area contributed by atoms with E-state index in [0.29, 0.717) is 5.41 Å². The Hall–Kier alpha value is -0.640. The van der Waals surface area contributed by atoms with Crippen molar-refractivity contribution in [3.05, 3.63) is 30.1 Å². The maximum atomic E-state index is 5.78. The van der Waals surface area contributed by atoms with Crippen LogP contribution in [0.15, 0.2) is 24.5 Å². The molecule has 1 aromatic heterocycles. The predicted octanol–water partition coefficient (Wildman–Crippen LogP) is 1.67. The van der Waals surface area contributed by atoms with Gasteiger partial charge in [-0.2, -0.15) is 0 Å². The Morgan fingerprint density at radius 3 is 2.94 bits per heavy atom. The lowest BCUT2D eigenvalue weighted by molar-refractivity contribution is 0.274. The smallest absolute Gasteiger partial charge is 0.0312 e. The van der Waals surface area contributed by atoms with E-state index >= 15 is 0 Å². The standard InChI is InChI=1S/C12H19N3.ClH/c1-12(9-13)4-6-15(10-12)8-11-3-2-5-14-7-11;/h2-3,5,7H,4,6,8-10,13H2,1H3;1H. The fraction of sp³-hybridized carbons (Fsp3) is 0.583.